The van der Waals surface area contributed by atoms with E-state index in [9.17, 15) is 19.1 Å². The molecule has 0 aliphatic heterocycles. The lowest BCUT2D eigenvalue weighted by Crippen LogP contribution is -2.32. The fraction of sp³-hybridized carbons (Fsp3) is 0.263. The maximum atomic E-state index is 13.9. The molecule has 1 atom stereocenters. The number of carboxylic acids is 1. The predicted octanol–water partition coefficient (Wildman–Crippen LogP) is 3.37. The maximum absolute atomic E-state index is 13.9. The Morgan fingerprint density at radius 3 is 2.56 bits per heavy atom. The van der Waals surface area contributed by atoms with Crippen LogP contribution in [-0.2, 0) is 16.0 Å². The summed E-state index contributed by atoms with van der Waals surface area (Å²) in [6.45, 7) is 0. The van der Waals surface area contributed by atoms with Gasteiger partial charge in [-0.15, -0.1) is 0 Å². The van der Waals surface area contributed by atoms with Crippen molar-refractivity contribution in [2.24, 2.45) is 0 Å². The molecule has 27 heavy (non-hydrogen) atoms. The van der Waals surface area contributed by atoms with Crippen LogP contribution in [0.3, 0.4) is 0 Å². The number of carbonyl (C=O) groups excluding carboxylic acids is 1. The Hall–Kier alpha value is -2.80. The summed E-state index contributed by atoms with van der Waals surface area (Å²) in [7, 11) is 2.92. The topological polar surface area (TPSA) is 84.9 Å². The zero-order valence-corrected chi connectivity index (χ0v) is 15.5. The molecule has 0 aliphatic carbocycles. The van der Waals surface area contributed by atoms with Gasteiger partial charge in [0.15, 0.2) is 0 Å². The number of carbonyl (C=O) groups is 2. The Morgan fingerprint density at radius 2 is 1.96 bits per heavy atom. The molecule has 0 saturated carbocycles. The molecule has 1 unspecified atom stereocenters. The second-order valence-electron chi connectivity index (χ2n) is 5.70. The van der Waals surface area contributed by atoms with E-state index in [-0.39, 0.29) is 23.4 Å². The number of nitrogens with one attached hydrogen (secondary N) is 1. The van der Waals surface area contributed by atoms with Crippen LogP contribution in [0, 0.1) is 5.82 Å². The van der Waals surface area contributed by atoms with Gasteiger partial charge in [-0.25, -0.2) is 4.39 Å². The lowest BCUT2D eigenvalue weighted by Gasteiger charge is -2.20. The molecule has 2 aromatic rings. The minimum atomic E-state index is -1.11. The smallest absolute Gasteiger partial charge is 0.305 e. The summed E-state index contributed by atoms with van der Waals surface area (Å²) in [5.41, 5.74) is 0.515. The van der Waals surface area contributed by atoms with Crippen LogP contribution in [0.5, 0.6) is 11.5 Å². The highest BCUT2D eigenvalue weighted by Gasteiger charge is 2.23. The summed E-state index contributed by atoms with van der Waals surface area (Å²) < 4.78 is 24.3. The molecule has 0 bridgehead atoms. The van der Waals surface area contributed by atoms with E-state index in [0.717, 1.165) is 0 Å². The standard InChI is InChI=1S/C19H19ClFNO5/c1-26-11-6-7-12(17(8-11)27-2)16(10-19(24)25)22-18(23)9-13-14(20)4-3-5-15(13)21/h3-8,16H,9-10H2,1-2H3,(H,22,23)(H,24,25). The summed E-state index contributed by atoms with van der Waals surface area (Å²) in [4.78, 5) is 23.7. The molecule has 6 nitrogen and oxygen atoms in total. The fourth-order valence-corrected chi connectivity index (χ4v) is 2.86. The molecule has 0 saturated heterocycles. The first-order valence-corrected chi connectivity index (χ1v) is 8.39. The quantitative estimate of drug-likeness (QED) is 0.715. The molecule has 0 radical (unpaired) electrons. The summed E-state index contributed by atoms with van der Waals surface area (Å²) >= 11 is 5.94. The van der Waals surface area contributed by atoms with Gasteiger partial charge in [-0.3, -0.25) is 9.59 Å². The third-order valence-electron chi connectivity index (χ3n) is 3.93. The number of halogens is 2. The van der Waals surface area contributed by atoms with Gasteiger partial charge in [-0.05, 0) is 24.3 Å². The monoisotopic (exact) mass is 395 g/mol. The molecule has 144 valence electrons. The van der Waals surface area contributed by atoms with Gasteiger partial charge in [0.05, 0.1) is 33.1 Å². The van der Waals surface area contributed by atoms with E-state index in [1.165, 1.54) is 32.4 Å². The van der Waals surface area contributed by atoms with Crippen LogP contribution in [0.25, 0.3) is 0 Å². The van der Waals surface area contributed by atoms with Gasteiger partial charge in [-0.1, -0.05) is 17.7 Å². The Labute approximate surface area is 160 Å². The van der Waals surface area contributed by atoms with Crippen molar-refractivity contribution in [3.8, 4) is 11.5 Å². The van der Waals surface area contributed by atoms with Gasteiger partial charge >= 0.3 is 5.97 Å². The average Bonchev–Trinajstić information content (AvgIpc) is 2.63. The third kappa shape index (κ3) is 5.34. The van der Waals surface area contributed by atoms with Crippen molar-refractivity contribution in [3.05, 3.63) is 58.4 Å². The summed E-state index contributed by atoms with van der Waals surface area (Å²) in [5.74, 6) is -1.39. The highest BCUT2D eigenvalue weighted by Crippen LogP contribution is 2.31. The van der Waals surface area contributed by atoms with Crippen molar-refractivity contribution in [1.82, 2.24) is 5.32 Å². The molecule has 0 aliphatic rings. The fourth-order valence-electron chi connectivity index (χ4n) is 2.63. The van der Waals surface area contributed by atoms with Gasteiger partial charge in [0.2, 0.25) is 5.91 Å². The van der Waals surface area contributed by atoms with E-state index < -0.39 is 23.7 Å². The van der Waals surface area contributed by atoms with E-state index in [0.29, 0.717) is 17.1 Å². The normalized spacial score (nSPS) is 11.6. The molecule has 0 fully saturated rings. The van der Waals surface area contributed by atoms with Crippen molar-refractivity contribution >= 4 is 23.5 Å². The summed E-state index contributed by atoms with van der Waals surface area (Å²) in [6, 6.07) is 8.08. The lowest BCUT2D eigenvalue weighted by atomic mass is 10.0. The van der Waals surface area contributed by atoms with Crippen LogP contribution in [0.1, 0.15) is 23.6 Å². The minimum Gasteiger partial charge on any atom is -0.497 e. The summed E-state index contributed by atoms with van der Waals surface area (Å²) in [5, 5.41) is 11.9. The number of hydrogen-bond donors (Lipinski definition) is 2. The molecule has 0 aromatic heterocycles. The van der Waals surface area contributed by atoms with Crippen LogP contribution in [-0.4, -0.2) is 31.2 Å². The number of aliphatic carboxylic acids is 1. The van der Waals surface area contributed by atoms with Crippen LogP contribution in [0.15, 0.2) is 36.4 Å². The molecule has 2 N–H and O–H groups in total. The lowest BCUT2D eigenvalue weighted by molar-refractivity contribution is -0.137. The SMILES string of the molecule is COc1ccc(C(CC(=O)O)NC(=O)Cc2c(F)cccc2Cl)c(OC)c1. The number of methoxy groups -OCH3 is 2. The van der Waals surface area contributed by atoms with Crippen LogP contribution < -0.4 is 14.8 Å². The first-order valence-electron chi connectivity index (χ1n) is 8.01. The molecule has 8 heteroatoms. The average molecular weight is 396 g/mol. The van der Waals surface area contributed by atoms with E-state index in [2.05, 4.69) is 5.32 Å². The van der Waals surface area contributed by atoms with Crippen LogP contribution in [0.2, 0.25) is 5.02 Å². The van der Waals surface area contributed by atoms with Crippen molar-refractivity contribution in [2.45, 2.75) is 18.9 Å². The maximum Gasteiger partial charge on any atom is 0.305 e. The summed E-state index contributed by atoms with van der Waals surface area (Å²) in [6.07, 6.45) is -0.695. The largest absolute Gasteiger partial charge is 0.497 e. The highest BCUT2D eigenvalue weighted by molar-refractivity contribution is 6.31. The number of carboxylic acid groups (broad SMARTS) is 1. The number of hydrogen-bond acceptors (Lipinski definition) is 4. The van der Waals surface area contributed by atoms with E-state index in [1.54, 1.807) is 18.2 Å². The third-order valence-corrected chi connectivity index (χ3v) is 4.28. The molecule has 0 spiro atoms. The Morgan fingerprint density at radius 1 is 1.22 bits per heavy atom. The number of rotatable bonds is 8. The second kappa shape index (κ2) is 9.23. The van der Waals surface area contributed by atoms with Crippen molar-refractivity contribution in [3.63, 3.8) is 0 Å². The van der Waals surface area contributed by atoms with Gasteiger partial charge in [0.25, 0.3) is 0 Å². The van der Waals surface area contributed by atoms with Gasteiger partial charge < -0.3 is 19.9 Å². The molecule has 1 amide bonds. The molecule has 2 aromatic carbocycles. The minimum absolute atomic E-state index is 0.0486. The molecular weight excluding hydrogens is 377 g/mol. The second-order valence-corrected chi connectivity index (χ2v) is 6.11. The highest BCUT2D eigenvalue weighted by atomic mass is 35.5. The Kier molecular flexibility index (Phi) is 7.01. The molecule has 0 heterocycles. The number of ether oxygens (including phenoxy) is 2. The van der Waals surface area contributed by atoms with Crippen molar-refractivity contribution in [2.75, 3.05) is 14.2 Å². The number of amides is 1. The molecule has 2 rings (SSSR count). The van der Waals surface area contributed by atoms with E-state index in [1.807, 2.05) is 0 Å². The van der Waals surface area contributed by atoms with Crippen LogP contribution >= 0.6 is 11.6 Å². The molecular formula is C19H19ClFNO5. The van der Waals surface area contributed by atoms with Gasteiger partial charge in [0.1, 0.15) is 17.3 Å². The van der Waals surface area contributed by atoms with E-state index in [4.69, 9.17) is 21.1 Å². The first-order chi connectivity index (χ1) is 12.8. The van der Waals surface area contributed by atoms with Crippen LogP contribution in [0.4, 0.5) is 4.39 Å². The zero-order chi connectivity index (χ0) is 20.0. The van der Waals surface area contributed by atoms with E-state index >= 15 is 0 Å². The van der Waals surface area contributed by atoms with Crippen molar-refractivity contribution < 1.29 is 28.6 Å². The van der Waals surface area contributed by atoms with Gasteiger partial charge in [0, 0.05) is 22.2 Å². The Bertz CT molecular complexity index is 823. The zero-order valence-electron chi connectivity index (χ0n) is 14.8. The van der Waals surface area contributed by atoms with Gasteiger partial charge in [-0.2, -0.15) is 0 Å². The first kappa shape index (κ1) is 20.5. The Balaban J connectivity index is 2.27. The predicted molar refractivity (Wildman–Crippen MR) is 97.8 cm³/mol. The number of benzene rings is 2. The van der Waals surface area contributed by atoms with Crippen molar-refractivity contribution in [1.29, 1.82) is 0 Å².